The van der Waals surface area contributed by atoms with Crippen LogP contribution in [0.5, 0.6) is 0 Å². The van der Waals surface area contributed by atoms with Crippen molar-refractivity contribution in [2.24, 2.45) is 0 Å². The smallest absolute Gasteiger partial charge is 0.313 e. The molecule has 1 saturated carbocycles. The molecule has 0 unspecified atom stereocenters. The summed E-state index contributed by atoms with van der Waals surface area (Å²) in [6.45, 7) is 0. The van der Waals surface area contributed by atoms with Gasteiger partial charge in [0.15, 0.2) is 5.65 Å². The molecular formula is C18H14N6O2. The van der Waals surface area contributed by atoms with E-state index in [1.54, 1.807) is 23.1 Å². The summed E-state index contributed by atoms with van der Waals surface area (Å²) >= 11 is 0. The second kappa shape index (κ2) is 5.48. The van der Waals surface area contributed by atoms with Crippen molar-refractivity contribution in [1.82, 2.24) is 29.5 Å². The first kappa shape index (κ1) is 14.8. The van der Waals surface area contributed by atoms with Gasteiger partial charge in [-0.1, -0.05) is 6.07 Å². The third-order valence-electron chi connectivity index (χ3n) is 4.79. The lowest BCUT2D eigenvalue weighted by Gasteiger charge is -2.07. The number of imidazole rings is 1. The fourth-order valence-corrected chi connectivity index (χ4v) is 3.45. The number of pyridine rings is 1. The Morgan fingerprint density at radius 1 is 1.19 bits per heavy atom. The molecule has 1 aliphatic rings. The second-order valence-corrected chi connectivity index (χ2v) is 6.40. The number of rotatable bonds is 3. The maximum atomic E-state index is 12.1. The molecule has 0 saturated heterocycles. The quantitative estimate of drug-likeness (QED) is 0.583. The van der Waals surface area contributed by atoms with Crippen LogP contribution < -0.4 is 11.2 Å². The van der Waals surface area contributed by atoms with Gasteiger partial charge in [0.1, 0.15) is 0 Å². The molecule has 26 heavy (non-hydrogen) atoms. The van der Waals surface area contributed by atoms with Crippen LogP contribution >= 0.6 is 0 Å². The molecular weight excluding hydrogens is 332 g/mol. The Morgan fingerprint density at radius 2 is 2.12 bits per heavy atom. The molecule has 8 heteroatoms. The number of nitrogens with zero attached hydrogens (tertiary/aromatic N) is 4. The number of aromatic nitrogens is 6. The fourth-order valence-electron chi connectivity index (χ4n) is 3.45. The molecule has 128 valence electrons. The first-order valence-corrected chi connectivity index (χ1v) is 8.27. The largest absolute Gasteiger partial charge is 0.325 e. The van der Waals surface area contributed by atoms with E-state index in [0.29, 0.717) is 23.1 Å². The van der Waals surface area contributed by atoms with E-state index < -0.39 is 11.2 Å². The number of nitrogens with one attached hydrogen (secondary N) is 2. The van der Waals surface area contributed by atoms with Gasteiger partial charge in [-0.25, -0.2) is 14.3 Å². The average Bonchev–Trinajstić information content (AvgIpc) is 3.30. The first-order valence-electron chi connectivity index (χ1n) is 8.27. The highest BCUT2D eigenvalue weighted by molar-refractivity contribution is 5.63. The van der Waals surface area contributed by atoms with Crippen LogP contribution in [0.1, 0.15) is 29.4 Å². The van der Waals surface area contributed by atoms with Crippen LogP contribution in [-0.4, -0.2) is 29.5 Å². The molecule has 1 aliphatic carbocycles. The van der Waals surface area contributed by atoms with Crippen LogP contribution in [0.25, 0.3) is 16.9 Å². The topological polar surface area (TPSA) is 109 Å². The van der Waals surface area contributed by atoms with Crippen LogP contribution in [0.3, 0.4) is 0 Å². The van der Waals surface area contributed by atoms with E-state index in [1.807, 2.05) is 18.3 Å². The number of hydrogen-bond donors (Lipinski definition) is 2. The van der Waals surface area contributed by atoms with Crippen molar-refractivity contribution in [3.8, 4) is 11.3 Å². The number of H-pyrrole nitrogens is 2. The number of aromatic amines is 2. The van der Waals surface area contributed by atoms with Gasteiger partial charge < -0.3 is 4.98 Å². The summed E-state index contributed by atoms with van der Waals surface area (Å²) in [6.07, 6.45) is 9.49. The first-order chi connectivity index (χ1) is 12.7. The molecule has 2 atom stereocenters. The Bertz CT molecular complexity index is 1220. The third kappa shape index (κ3) is 2.34. The zero-order chi connectivity index (χ0) is 17.7. The summed E-state index contributed by atoms with van der Waals surface area (Å²) in [5, 5.41) is 4.46. The predicted molar refractivity (Wildman–Crippen MR) is 94.0 cm³/mol. The molecule has 8 nitrogen and oxygen atoms in total. The molecule has 4 aromatic heterocycles. The predicted octanol–water partition coefficient (Wildman–Crippen LogP) is 1.44. The lowest BCUT2D eigenvalue weighted by Crippen LogP contribution is -2.23. The second-order valence-electron chi connectivity index (χ2n) is 6.40. The van der Waals surface area contributed by atoms with Gasteiger partial charge in [0.25, 0.3) is 5.56 Å². The summed E-state index contributed by atoms with van der Waals surface area (Å²) in [4.78, 5) is 36.8. The minimum atomic E-state index is -0.540. The number of hydrogen-bond acceptors (Lipinski definition) is 5. The van der Waals surface area contributed by atoms with Crippen LogP contribution in [-0.2, 0) is 0 Å². The van der Waals surface area contributed by atoms with E-state index in [4.69, 9.17) is 0 Å². The van der Waals surface area contributed by atoms with Crippen molar-refractivity contribution in [1.29, 1.82) is 0 Å². The van der Waals surface area contributed by atoms with Gasteiger partial charge in [0.05, 0.1) is 11.3 Å². The van der Waals surface area contributed by atoms with E-state index in [1.165, 1.54) is 11.8 Å². The van der Waals surface area contributed by atoms with Crippen LogP contribution in [0.4, 0.5) is 0 Å². The molecule has 0 aliphatic heterocycles. The lowest BCUT2D eigenvalue weighted by molar-refractivity contribution is 0.905. The zero-order valence-electron chi connectivity index (χ0n) is 13.6. The minimum Gasteiger partial charge on any atom is -0.313 e. The van der Waals surface area contributed by atoms with Crippen LogP contribution in [0.2, 0.25) is 0 Å². The van der Waals surface area contributed by atoms with Crippen LogP contribution in [0.15, 0.2) is 58.8 Å². The van der Waals surface area contributed by atoms with Gasteiger partial charge in [-0.2, -0.15) is 5.10 Å². The van der Waals surface area contributed by atoms with Gasteiger partial charge >= 0.3 is 5.69 Å². The van der Waals surface area contributed by atoms with Crippen molar-refractivity contribution in [3.05, 3.63) is 81.1 Å². The third-order valence-corrected chi connectivity index (χ3v) is 4.79. The standard InChI is InChI=1S/C18H14N6O2/c25-17-14(9-21-18(26)22-17)15-7-13(16-20-4-5-24(16)23-15)12-6-11(12)10-2-1-3-19-8-10/h1-5,7-9,11-12H,6H2,(H2,21,22,25,26)/t11-,12+/m0/s1. The molecule has 2 N–H and O–H groups in total. The van der Waals surface area contributed by atoms with Crippen molar-refractivity contribution in [2.45, 2.75) is 18.3 Å². The van der Waals surface area contributed by atoms with Gasteiger partial charge in [-0.3, -0.25) is 14.8 Å². The number of fused-ring (bicyclic) bond motifs is 1. The van der Waals surface area contributed by atoms with Crippen molar-refractivity contribution in [3.63, 3.8) is 0 Å². The molecule has 0 radical (unpaired) electrons. The molecule has 4 aromatic rings. The van der Waals surface area contributed by atoms with Crippen molar-refractivity contribution >= 4 is 5.65 Å². The van der Waals surface area contributed by atoms with E-state index in [-0.39, 0.29) is 0 Å². The average molecular weight is 346 g/mol. The highest BCUT2D eigenvalue weighted by atomic mass is 16.2. The molecule has 1 fully saturated rings. The Kier molecular flexibility index (Phi) is 3.11. The molecule has 5 rings (SSSR count). The fraction of sp³-hybridized carbons (Fsp3) is 0.167. The Hall–Kier alpha value is -3.55. The minimum absolute atomic E-state index is 0.299. The maximum Gasteiger partial charge on any atom is 0.325 e. The van der Waals surface area contributed by atoms with E-state index in [0.717, 1.165) is 17.6 Å². The van der Waals surface area contributed by atoms with Gasteiger partial charge in [-0.15, -0.1) is 0 Å². The lowest BCUT2D eigenvalue weighted by atomic mass is 10.1. The van der Waals surface area contributed by atoms with E-state index in [9.17, 15) is 9.59 Å². The van der Waals surface area contributed by atoms with E-state index in [2.05, 4.69) is 31.1 Å². The van der Waals surface area contributed by atoms with Crippen LogP contribution in [0, 0.1) is 0 Å². The molecule has 4 heterocycles. The SMILES string of the molecule is O=c1[nH]cc(-c2cc([C@@H]3C[C@H]3c3cccnc3)c3nccn3n2)c(=O)[nH]1. The normalized spacial score (nSPS) is 18.9. The summed E-state index contributed by atoms with van der Waals surface area (Å²) in [7, 11) is 0. The molecule has 0 spiro atoms. The highest BCUT2D eigenvalue weighted by Crippen LogP contribution is 2.55. The van der Waals surface area contributed by atoms with Crippen molar-refractivity contribution < 1.29 is 0 Å². The summed E-state index contributed by atoms with van der Waals surface area (Å²) < 4.78 is 1.67. The molecule has 0 bridgehead atoms. The van der Waals surface area contributed by atoms with Gasteiger partial charge in [0, 0.05) is 36.5 Å². The Morgan fingerprint density at radius 3 is 2.92 bits per heavy atom. The highest BCUT2D eigenvalue weighted by Gasteiger charge is 2.41. The zero-order valence-corrected chi connectivity index (χ0v) is 13.6. The van der Waals surface area contributed by atoms with Gasteiger partial charge in [0.2, 0.25) is 0 Å². The van der Waals surface area contributed by atoms with Gasteiger partial charge in [-0.05, 0) is 36.0 Å². The summed E-state index contributed by atoms with van der Waals surface area (Å²) in [5.41, 5.74) is 2.83. The van der Waals surface area contributed by atoms with E-state index >= 15 is 0 Å². The summed E-state index contributed by atoms with van der Waals surface area (Å²) in [5.74, 6) is 0.681. The Labute approximate surface area is 146 Å². The monoisotopic (exact) mass is 346 g/mol. The maximum absolute atomic E-state index is 12.1. The molecule has 0 aromatic carbocycles. The molecule has 0 amide bonds. The van der Waals surface area contributed by atoms with Crippen molar-refractivity contribution in [2.75, 3.05) is 0 Å². The summed E-state index contributed by atoms with van der Waals surface area (Å²) in [6, 6.07) is 5.91. The Balaban J connectivity index is 1.63.